The van der Waals surface area contributed by atoms with E-state index in [2.05, 4.69) is 92.8 Å². The first-order valence-electron chi connectivity index (χ1n) is 20.1. The van der Waals surface area contributed by atoms with Crippen LogP contribution in [0.25, 0.3) is 0 Å². The summed E-state index contributed by atoms with van der Waals surface area (Å²) in [6.45, 7) is 3.10. The van der Waals surface area contributed by atoms with E-state index in [1.54, 1.807) is 0 Å². The van der Waals surface area contributed by atoms with Gasteiger partial charge in [-0.3, -0.25) is 13.8 Å². The third-order valence-electron chi connectivity index (χ3n) is 7.83. The molecule has 3 atom stereocenters. The number of phosphoric acid groups is 1. The van der Waals surface area contributed by atoms with Crippen LogP contribution < -0.4 is 0 Å². The van der Waals surface area contributed by atoms with E-state index in [1.165, 1.54) is 32.1 Å². The number of aliphatic hydroxyl groups is 2. The van der Waals surface area contributed by atoms with E-state index in [4.69, 9.17) is 23.6 Å². The summed E-state index contributed by atoms with van der Waals surface area (Å²) < 4.78 is 33.2. The smallest absolute Gasteiger partial charge is 0.457 e. The summed E-state index contributed by atoms with van der Waals surface area (Å²) in [5.41, 5.74) is 0. The summed E-state index contributed by atoms with van der Waals surface area (Å²) >= 11 is 0. The second kappa shape index (κ2) is 39.3. The van der Waals surface area contributed by atoms with Gasteiger partial charge in [0.1, 0.15) is 12.2 Å². The van der Waals surface area contributed by atoms with Crippen molar-refractivity contribution in [2.45, 2.75) is 148 Å². The summed E-state index contributed by atoms with van der Waals surface area (Å²) in [5, 5.41) is 18.3. The van der Waals surface area contributed by atoms with Gasteiger partial charge in [-0.05, 0) is 77.0 Å². The van der Waals surface area contributed by atoms with E-state index in [0.29, 0.717) is 19.4 Å². The number of allylic oxidation sites excluding steroid dienone is 13. The van der Waals surface area contributed by atoms with Gasteiger partial charge in [-0.1, -0.05) is 137 Å². The van der Waals surface area contributed by atoms with Crippen molar-refractivity contribution >= 4 is 13.8 Å². The van der Waals surface area contributed by atoms with Crippen molar-refractivity contribution in [3.8, 4) is 0 Å². The third-order valence-corrected chi connectivity index (χ3v) is 8.79. The molecule has 0 saturated carbocycles. The first-order chi connectivity index (χ1) is 25.8. The fraction of sp³-hybridized carbons (Fsp3) is 0.651. The zero-order valence-electron chi connectivity index (χ0n) is 32.9. The number of phosphoric ester groups is 1. The minimum absolute atomic E-state index is 0.0159. The Balaban J connectivity index is 4.39. The normalized spacial score (nSPS) is 15.0. The molecule has 0 fully saturated rings. The Morgan fingerprint density at radius 2 is 1.08 bits per heavy atom. The van der Waals surface area contributed by atoms with Gasteiger partial charge >= 0.3 is 13.8 Å². The van der Waals surface area contributed by atoms with Crippen molar-refractivity contribution in [1.82, 2.24) is 0 Å². The van der Waals surface area contributed by atoms with E-state index in [-0.39, 0.29) is 13.0 Å². The Labute approximate surface area is 322 Å². The lowest BCUT2D eigenvalue weighted by atomic mass is 10.1. The van der Waals surface area contributed by atoms with Gasteiger partial charge in [0.15, 0.2) is 0 Å². The summed E-state index contributed by atoms with van der Waals surface area (Å²) in [5.74, 6) is -0.425. The second-order valence-corrected chi connectivity index (χ2v) is 14.4. The number of esters is 1. The first-order valence-corrected chi connectivity index (χ1v) is 21.6. The van der Waals surface area contributed by atoms with Gasteiger partial charge in [-0.2, -0.15) is 0 Å². The number of carbonyl (C=O) groups is 1. The molecule has 3 unspecified atom stereocenters. The molecular formula is C43H73O9P. The number of carbonyl (C=O) groups excluding carboxylic acids is 1. The Morgan fingerprint density at radius 3 is 1.62 bits per heavy atom. The fourth-order valence-corrected chi connectivity index (χ4v) is 5.59. The predicted octanol–water partition coefficient (Wildman–Crippen LogP) is 10.7. The fourth-order valence-electron chi connectivity index (χ4n) is 4.80. The predicted molar refractivity (Wildman–Crippen MR) is 219 cm³/mol. The van der Waals surface area contributed by atoms with E-state index in [0.717, 1.165) is 70.6 Å². The third kappa shape index (κ3) is 39.2. The Morgan fingerprint density at radius 1 is 0.604 bits per heavy atom. The van der Waals surface area contributed by atoms with Crippen LogP contribution >= 0.6 is 7.82 Å². The van der Waals surface area contributed by atoms with Crippen LogP contribution in [0.15, 0.2) is 85.1 Å². The maximum Gasteiger partial charge on any atom is 0.472 e. The van der Waals surface area contributed by atoms with Gasteiger partial charge in [-0.25, -0.2) is 4.57 Å². The lowest BCUT2D eigenvalue weighted by Crippen LogP contribution is -2.29. The number of unbranched alkanes of at least 4 members (excludes halogenated alkanes) is 9. The number of aliphatic hydroxyl groups excluding tert-OH is 2. The largest absolute Gasteiger partial charge is 0.472 e. The van der Waals surface area contributed by atoms with Gasteiger partial charge in [0.05, 0.1) is 33.0 Å². The van der Waals surface area contributed by atoms with Crippen molar-refractivity contribution in [2.75, 3.05) is 33.0 Å². The summed E-state index contributed by atoms with van der Waals surface area (Å²) in [6, 6.07) is 0. The monoisotopic (exact) mass is 764 g/mol. The molecule has 0 rings (SSSR count). The summed E-state index contributed by atoms with van der Waals surface area (Å²) in [6.07, 6.45) is 47.0. The molecule has 0 saturated heterocycles. The Bertz CT molecular complexity index is 1090. The van der Waals surface area contributed by atoms with Crippen molar-refractivity contribution in [1.29, 1.82) is 0 Å². The molecule has 0 radical (unpaired) electrons. The van der Waals surface area contributed by atoms with E-state index in [1.807, 2.05) is 6.08 Å². The van der Waals surface area contributed by atoms with Crippen LogP contribution in [0.4, 0.5) is 0 Å². The quantitative estimate of drug-likeness (QED) is 0.0245. The number of ether oxygens (including phenoxy) is 2. The molecule has 304 valence electrons. The molecule has 0 amide bonds. The van der Waals surface area contributed by atoms with Gasteiger partial charge in [0, 0.05) is 6.42 Å². The van der Waals surface area contributed by atoms with E-state index in [9.17, 15) is 19.4 Å². The molecule has 9 nitrogen and oxygen atoms in total. The van der Waals surface area contributed by atoms with Crippen molar-refractivity contribution in [2.24, 2.45) is 0 Å². The average molecular weight is 765 g/mol. The SMILES string of the molecule is CC/C=C\C/C=C\C/C=C\C/C=C\C/C=C\CCOCC(COP(=O)(O)OCC(O)CO)OC(=O)CCCCCCC/C=C\C/C=C\CCCCCC. The van der Waals surface area contributed by atoms with Crippen LogP contribution in [0.3, 0.4) is 0 Å². The maximum absolute atomic E-state index is 12.6. The van der Waals surface area contributed by atoms with Crippen LogP contribution in [-0.4, -0.2) is 66.3 Å². The Kier molecular flexibility index (Phi) is 37.6. The van der Waals surface area contributed by atoms with Crippen LogP contribution in [0.5, 0.6) is 0 Å². The van der Waals surface area contributed by atoms with Gasteiger partial charge < -0.3 is 24.6 Å². The first kappa shape index (κ1) is 50.6. The molecule has 53 heavy (non-hydrogen) atoms. The highest BCUT2D eigenvalue weighted by molar-refractivity contribution is 7.47. The standard InChI is InChI=1S/C43H73O9P/c1-3-5-7-9-11-13-15-17-19-21-23-25-27-29-31-33-35-43(46)52-42(40-51-53(47,48)50-38-41(45)37-44)39-49-36-34-32-30-28-26-24-22-20-18-16-14-12-10-8-6-4-2/h6,8,12-15,18-21,24,26,30,32,41-42,44-45H,3-5,7,9-11,16-17,22-23,25,27-29,31,33-40H2,1-2H3,(H,47,48)/b8-6-,14-12-,15-13-,20-18-,21-19-,26-24-,32-30-. The molecule has 0 bridgehead atoms. The number of rotatable bonds is 37. The minimum atomic E-state index is -4.54. The molecule has 0 aromatic rings. The van der Waals surface area contributed by atoms with Crippen LogP contribution in [0, 0.1) is 0 Å². The summed E-state index contributed by atoms with van der Waals surface area (Å²) in [4.78, 5) is 22.5. The molecule has 0 aliphatic carbocycles. The number of hydrogen-bond donors (Lipinski definition) is 3. The highest BCUT2D eigenvalue weighted by atomic mass is 31.2. The zero-order valence-corrected chi connectivity index (χ0v) is 33.8. The molecule has 10 heteroatoms. The highest BCUT2D eigenvalue weighted by Gasteiger charge is 2.26. The van der Waals surface area contributed by atoms with Crippen molar-refractivity contribution in [3.63, 3.8) is 0 Å². The molecule has 0 aliphatic rings. The molecule has 0 aromatic heterocycles. The van der Waals surface area contributed by atoms with Gasteiger partial charge in [0.25, 0.3) is 0 Å². The average Bonchev–Trinajstić information content (AvgIpc) is 3.15. The Hall–Kier alpha value is -2.36. The van der Waals surface area contributed by atoms with Crippen LogP contribution in [-0.2, 0) is 27.9 Å². The number of hydrogen-bond acceptors (Lipinski definition) is 8. The van der Waals surface area contributed by atoms with Crippen molar-refractivity contribution in [3.05, 3.63) is 85.1 Å². The van der Waals surface area contributed by atoms with Crippen LogP contribution in [0.2, 0.25) is 0 Å². The van der Waals surface area contributed by atoms with Gasteiger partial charge in [-0.15, -0.1) is 0 Å². The molecule has 0 aromatic carbocycles. The van der Waals surface area contributed by atoms with E-state index < -0.39 is 45.8 Å². The van der Waals surface area contributed by atoms with E-state index >= 15 is 0 Å². The molecule has 0 heterocycles. The lowest BCUT2D eigenvalue weighted by Gasteiger charge is -2.20. The minimum Gasteiger partial charge on any atom is -0.457 e. The molecule has 0 spiro atoms. The lowest BCUT2D eigenvalue weighted by molar-refractivity contribution is -0.154. The zero-order chi connectivity index (χ0) is 38.9. The molecular weight excluding hydrogens is 691 g/mol. The summed E-state index contributed by atoms with van der Waals surface area (Å²) in [7, 11) is -4.54. The van der Waals surface area contributed by atoms with Crippen LogP contribution in [0.1, 0.15) is 136 Å². The molecule has 0 aliphatic heterocycles. The van der Waals surface area contributed by atoms with Crippen molar-refractivity contribution < 1.29 is 43.0 Å². The molecule has 3 N–H and O–H groups in total. The second-order valence-electron chi connectivity index (χ2n) is 12.9. The highest BCUT2D eigenvalue weighted by Crippen LogP contribution is 2.43. The maximum atomic E-state index is 12.6. The van der Waals surface area contributed by atoms with Gasteiger partial charge in [0.2, 0.25) is 0 Å². The topological polar surface area (TPSA) is 132 Å².